The Bertz CT molecular complexity index is 1370. The van der Waals surface area contributed by atoms with Gasteiger partial charge in [0.05, 0.1) is 23.5 Å². The summed E-state index contributed by atoms with van der Waals surface area (Å²) in [5.74, 6) is -4.89. The van der Waals surface area contributed by atoms with E-state index < -0.39 is 88.6 Å². The van der Waals surface area contributed by atoms with Crippen LogP contribution in [-0.2, 0) is 38.1 Å². The van der Waals surface area contributed by atoms with Crippen LogP contribution in [0.4, 0.5) is 0 Å². The summed E-state index contributed by atoms with van der Waals surface area (Å²) < 4.78 is 31.1. The molecule has 238 valence electrons. The smallest absolute Gasteiger partial charge is 0.338 e. The summed E-state index contributed by atoms with van der Waals surface area (Å²) >= 11 is 0. The molecule has 10 heteroatoms. The topological polar surface area (TPSA) is 135 Å². The molecule has 0 radical (unpaired) electrons. The van der Waals surface area contributed by atoms with Crippen molar-refractivity contribution in [1.29, 1.82) is 0 Å². The van der Waals surface area contributed by atoms with Crippen LogP contribution >= 0.6 is 0 Å². The monoisotopic (exact) mass is 610 g/mol. The van der Waals surface area contributed by atoms with Gasteiger partial charge in [-0.1, -0.05) is 50.3 Å². The van der Waals surface area contributed by atoms with E-state index in [-0.39, 0.29) is 25.0 Å². The van der Waals surface area contributed by atoms with E-state index in [1.807, 2.05) is 19.9 Å². The van der Waals surface area contributed by atoms with Gasteiger partial charge >= 0.3 is 23.9 Å². The quantitative estimate of drug-likeness (QED) is 0.275. The van der Waals surface area contributed by atoms with Crippen LogP contribution in [0.3, 0.4) is 0 Å². The van der Waals surface area contributed by atoms with Crippen molar-refractivity contribution >= 4 is 23.9 Å². The summed E-state index contributed by atoms with van der Waals surface area (Å²) in [6.07, 6.45) is -0.567. The number of hydrogen-bond acceptors (Lipinski definition) is 10. The predicted octanol–water partition coefficient (Wildman–Crippen LogP) is 3.95. The number of rotatable bonds is 7. The standard InChI is InChI=1S/C34H42O10/c1-8-25(37)43-27-19(4)16-34(39)26(27)29(42-21(6)36)33-17-40-32(7,31(34)44-30(38)22-12-10-9-11-13-22)28(33)23(18(2)3)14-15-24(33)41-20(5)35/h9-15,19,23-24,26-29,31,39H,2,8,16-17H2,1,3-7H3/t19-,23?,24+,26+,27-,28-,29+,31+,32+,33+,34+/m0/s1. The van der Waals surface area contributed by atoms with Crippen LogP contribution in [0.15, 0.2) is 54.6 Å². The van der Waals surface area contributed by atoms with E-state index in [4.69, 9.17) is 23.7 Å². The van der Waals surface area contributed by atoms with Crippen molar-refractivity contribution in [2.75, 3.05) is 6.61 Å². The number of ether oxygens (including phenoxy) is 5. The predicted molar refractivity (Wildman–Crippen MR) is 157 cm³/mol. The second-order valence-electron chi connectivity index (χ2n) is 13.0. The maximum absolute atomic E-state index is 13.7. The summed E-state index contributed by atoms with van der Waals surface area (Å²) in [5.41, 5.74) is -3.51. The van der Waals surface area contributed by atoms with E-state index >= 15 is 0 Å². The van der Waals surface area contributed by atoms with Crippen LogP contribution in [0, 0.1) is 29.1 Å². The Labute approximate surface area is 257 Å². The SMILES string of the molecule is C=C(C)C1C=C[C@@H](OC(C)=O)[C@@]23CO[C@@](C)([C@@H](OC(=O)c4ccccc4)[C@@]4(O)C[C@H](C)[C@H](OC(=O)CC)[C@@H]4[C@H]2OC(C)=O)[C@H]13. The van der Waals surface area contributed by atoms with E-state index in [1.54, 1.807) is 50.3 Å². The van der Waals surface area contributed by atoms with E-state index in [1.165, 1.54) is 13.8 Å². The zero-order chi connectivity index (χ0) is 32.2. The Balaban J connectivity index is 1.80. The zero-order valence-corrected chi connectivity index (χ0v) is 26.1. The van der Waals surface area contributed by atoms with Gasteiger partial charge in [-0.15, -0.1) is 0 Å². The van der Waals surface area contributed by atoms with Crippen LogP contribution in [0.25, 0.3) is 0 Å². The maximum atomic E-state index is 13.7. The fourth-order valence-corrected chi connectivity index (χ4v) is 8.60. The summed E-state index contributed by atoms with van der Waals surface area (Å²) in [6.45, 7) is 13.9. The number of aliphatic hydroxyl groups is 1. The van der Waals surface area contributed by atoms with Crippen molar-refractivity contribution in [3.63, 3.8) is 0 Å². The molecule has 3 fully saturated rings. The van der Waals surface area contributed by atoms with E-state index in [0.717, 1.165) is 5.57 Å². The Morgan fingerprint density at radius 3 is 2.25 bits per heavy atom. The van der Waals surface area contributed by atoms with E-state index in [9.17, 15) is 24.3 Å². The molecular weight excluding hydrogens is 568 g/mol. The molecule has 1 unspecified atom stereocenters. The van der Waals surface area contributed by atoms with Crippen molar-refractivity contribution in [3.05, 3.63) is 60.2 Å². The molecule has 4 aliphatic rings. The molecule has 1 saturated heterocycles. The van der Waals surface area contributed by atoms with Crippen molar-refractivity contribution in [1.82, 2.24) is 0 Å². The Morgan fingerprint density at radius 2 is 1.66 bits per heavy atom. The summed E-state index contributed by atoms with van der Waals surface area (Å²) in [7, 11) is 0. The number of carbonyl (C=O) groups excluding carboxylic acids is 4. The molecule has 2 bridgehead atoms. The van der Waals surface area contributed by atoms with Crippen LogP contribution in [0.2, 0.25) is 0 Å². The molecule has 1 N–H and O–H groups in total. The largest absolute Gasteiger partial charge is 0.462 e. The summed E-state index contributed by atoms with van der Waals surface area (Å²) in [5, 5.41) is 13.0. The molecule has 0 aromatic heterocycles. The van der Waals surface area contributed by atoms with Gasteiger partial charge in [0.15, 0.2) is 6.10 Å². The Hall–Kier alpha value is -3.50. The first-order valence-electron chi connectivity index (χ1n) is 15.2. The van der Waals surface area contributed by atoms with Gasteiger partial charge in [-0.25, -0.2) is 4.79 Å². The number of allylic oxidation sites excluding steroid dienone is 2. The summed E-state index contributed by atoms with van der Waals surface area (Å²) in [4.78, 5) is 52.0. The minimum atomic E-state index is -1.89. The average Bonchev–Trinajstić information content (AvgIpc) is 3.40. The molecule has 0 amide bonds. The highest BCUT2D eigenvalue weighted by Crippen LogP contribution is 2.68. The Morgan fingerprint density at radius 1 is 1.00 bits per heavy atom. The van der Waals surface area contributed by atoms with E-state index in [0.29, 0.717) is 0 Å². The number of benzene rings is 1. The van der Waals surface area contributed by atoms with Crippen molar-refractivity contribution in [3.8, 4) is 0 Å². The lowest BCUT2D eigenvalue weighted by atomic mass is 9.55. The zero-order valence-electron chi connectivity index (χ0n) is 26.1. The highest BCUT2D eigenvalue weighted by Gasteiger charge is 2.80. The van der Waals surface area contributed by atoms with Gasteiger partial charge in [0, 0.05) is 32.1 Å². The first-order valence-corrected chi connectivity index (χ1v) is 15.2. The second-order valence-corrected chi connectivity index (χ2v) is 13.0. The van der Waals surface area contributed by atoms with Gasteiger partial charge in [-0.3, -0.25) is 14.4 Å². The summed E-state index contributed by atoms with van der Waals surface area (Å²) in [6, 6.07) is 8.43. The van der Waals surface area contributed by atoms with Gasteiger partial charge in [-0.2, -0.15) is 0 Å². The van der Waals surface area contributed by atoms with Crippen LogP contribution in [-0.4, -0.2) is 71.2 Å². The highest BCUT2D eigenvalue weighted by molar-refractivity contribution is 5.89. The molecular formula is C34H42O10. The Kier molecular flexibility index (Phi) is 8.31. The third-order valence-electron chi connectivity index (χ3n) is 10.1. The van der Waals surface area contributed by atoms with Gasteiger partial charge in [0.1, 0.15) is 29.5 Å². The molecule has 2 saturated carbocycles. The number of fused-ring (bicyclic) bond motifs is 1. The lowest BCUT2D eigenvalue weighted by molar-refractivity contribution is -0.228. The minimum absolute atomic E-state index is 0.0506. The van der Waals surface area contributed by atoms with Crippen LogP contribution < -0.4 is 0 Å². The molecule has 1 aromatic rings. The third-order valence-corrected chi connectivity index (χ3v) is 10.1. The average molecular weight is 611 g/mol. The van der Waals surface area contributed by atoms with Crippen molar-refractivity contribution in [2.24, 2.45) is 29.1 Å². The first-order chi connectivity index (χ1) is 20.7. The second kappa shape index (κ2) is 11.5. The molecule has 10 nitrogen and oxygen atoms in total. The number of carbonyl (C=O) groups is 4. The highest BCUT2D eigenvalue weighted by atomic mass is 16.6. The molecule has 1 aromatic carbocycles. The minimum Gasteiger partial charge on any atom is -0.462 e. The van der Waals surface area contributed by atoms with Gasteiger partial charge in [0.2, 0.25) is 0 Å². The molecule has 11 atom stereocenters. The molecule has 5 rings (SSSR count). The van der Waals surface area contributed by atoms with E-state index in [2.05, 4.69) is 6.58 Å². The lowest BCUT2D eigenvalue weighted by Crippen LogP contribution is -2.63. The molecule has 1 heterocycles. The number of esters is 4. The van der Waals surface area contributed by atoms with Crippen LogP contribution in [0.5, 0.6) is 0 Å². The molecule has 0 spiro atoms. The molecule has 3 aliphatic carbocycles. The fraction of sp³-hybridized carbons (Fsp3) is 0.588. The van der Waals surface area contributed by atoms with Gasteiger partial charge < -0.3 is 28.8 Å². The van der Waals surface area contributed by atoms with Gasteiger partial charge in [0.25, 0.3) is 0 Å². The first kappa shape index (κ1) is 31.9. The van der Waals surface area contributed by atoms with Crippen molar-refractivity contribution in [2.45, 2.75) is 90.0 Å². The number of hydrogen-bond donors (Lipinski definition) is 1. The molecule has 1 aliphatic heterocycles. The van der Waals surface area contributed by atoms with Crippen molar-refractivity contribution < 1.29 is 48.0 Å². The molecule has 44 heavy (non-hydrogen) atoms. The van der Waals surface area contributed by atoms with Crippen LogP contribution in [0.1, 0.15) is 64.7 Å². The maximum Gasteiger partial charge on any atom is 0.338 e. The van der Waals surface area contributed by atoms with Gasteiger partial charge in [-0.05, 0) is 44.4 Å². The normalized spacial score (nSPS) is 40.2. The fourth-order valence-electron chi connectivity index (χ4n) is 8.60. The third kappa shape index (κ3) is 4.86. The lowest BCUT2D eigenvalue weighted by Gasteiger charge is -2.51.